The van der Waals surface area contributed by atoms with E-state index in [1.54, 1.807) is 31.4 Å². The van der Waals surface area contributed by atoms with Gasteiger partial charge in [-0.15, -0.1) is 0 Å². The highest BCUT2D eigenvalue weighted by Crippen LogP contribution is 2.37. The Labute approximate surface area is 201 Å². The first-order valence-electron chi connectivity index (χ1n) is 9.99. The summed E-state index contributed by atoms with van der Waals surface area (Å²) >= 11 is 15.4. The lowest BCUT2D eigenvalue weighted by molar-refractivity contribution is -0.118. The molecule has 0 atom stereocenters. The Morgan fingerprint density at radius 2 is 1.94 bits per heavy atom. The maximum absolute atomic E-state index is 12.3. The van der Waals surface area contributed by atoms with Gasteiger partial charge in [0.05, 0.1) is 22.3 Å². The van der Waals surface area contributed by atoms with Crippen LogP contribution in [0.5, 0.6) is 11.5 Å². The Balaban J connectivity index is 1.67. The summed E-state index contributed by atoms with van der Waals surface area (Å²) in [6.45, 7) is 6.82. The molecule has 0 bridgehead atoms. The van der Waals surface area contributed by atoms with Crippen molar-refractivity contribution < 1.29 is 14.3 Å². The van der Waals surface area contributed by atoms with Crippen LogP contribution >= 0.6 is 39.7 Å². The number of ether oxygens (including phenoxy) is 2. The van der Waals surface area contributed by atoms with Crippen LogP contribution in [-0.4, -0.2) is 67.1 Å². The second kappa shape index (κ2) is 11.1. The number of para-hydroxylation sites is 1. The average Bonchev–Trinajstić information content (AvgIpc) is 2.78. The standard InChI is InChI=1S/C22H25BrClN3O3S/c1-3-26-8-10-27(11-9-26)22(31)15-12-16(23)21(19(13-15)29-2)30-14-20(28)25-18-7-5-4-6-17(18)24/h4-7,12-13H,3,8-11,14H2,1-2H3,(H,25,28). The topological polar surface area (TPSA) is 54.0 Å². The number of nitrogens with one attached hydrogen (secondary N) is 1. The number of piperazine rings is 1. The predicted octanol–water partition coefficient (Wildman–Crippen LogP) is 4.44. The summed E-state index contributed by atoms with van der Waals surface area (Å²) in [6, 6.07) is 10.8. The van der Waals surface area contributed by atoms with Gasteiger partial charge in [-0.3, -0.25) is 4.79 Å². The molecule has 0 aromatic heterocycles. The highest BCUT2D eigenvalue weighted by Gasteiger charge is 2.21. The molecule has 0 saturated carbocycles. The highest BCUT2D eigenvalue weighted by molar-refractivity contribution is 9.10. The minimum absolute atomic E-state index is 0.192. The van der Waals surface area contributed by atoms with Crippen molar-refractivity contribution in [3.8, 4) is 11.5 Å². The van der Waals surface area contributed by atoms with Crippen LogP contribution in [0.4, 0.5) is 5.69 Å². The van der Waals surface area contributed by atoms with Gasteiger partial charge in [0.15, 0.2) is 18.1 Å². The number of carbonyl (C=O) groups excluding carboxylic acids is 1. The molecule has 2 aromatic carbocycles. The summed E-state index contributed by atoms with van der Waals surface area (Å²) in [5, 5.41) is 3.20. The molecule has 1 saturated heterocycles. The first-order valence-corrected chi connectivity index (χ1v) is 11.6. The maximum atomic E-state index is 12.3. The number of hydrogen-bond donors (Lipinski definition) is 1. The van der Waals surface area contributed by atoms with Crippen molar-refractivity contribution in [1.82, 2.24) is 9.80 Å². The molecule has 1 aliphatic rings. The van der Waals surface area contributed by atoms with E-state index >= 15 is 0 Å². The Morgan fingerprint density at radius 1 is 1.23 bits per heavy atom. The minimum atomic E-state index is -0.324. The first-order chi connectivity index (χ1) is 14.9. The van der Waals surface area contributed by atoms with Gasteiger partial charge >= 0.3 is 0 Å². The van der Waals surface area contributed by atoms with Gasteiger partial charge in [0.1, 0.15) is 4.99 Å². The molecule has 0 radical (unpaired) electrons. The molecule has 0 unspecified atom stereocenters. The van der Waals surface area contributed by atoms with Gasteiger partial charge in [0, 0.05) is 31.7 Å². The van der Waals surface area contributed by atoms with Gasteiger partial charge in [-0.05, 0) is 46.7 Å². The lowest BCUT2D eigenvalue weighted by Gasteiger charge is -2.35. The second-order valence-corrected chi connectivity index (χ2v) is 8.68. The van der Waals surface area contributed by atoms with E-state index in [1.807, 2.05) is 12.1 Å². The third-order valence-electron chi connectivity index (χ3n) is 5.08. The molecule has 3 rings (SSSR count). The molecule has 1 N–H and O–H groups in total. The van der Waals surface area contributed by atoms with Crippen molar-refractivity contribution >= 4 is 56.3 Å². The molecule has 0 aliphatic carbocycles. The summed E-state index contributed by atoms with van der Waals surface area (Å²) in [7, 11) is 1.56. The van der Waals surface area contributed by atoms with Crippen LogP contribution in [-0.2, 0) is 4.79 Å². The van der Waals surface area contributed by atoms with E-state index in [-0.39, 0.29) is 12.5 Å². The van der Waals surface area contributed by atoms with Gasteiger partial charge in [-0.2, -0.15) is 0 Å². The number of nitrogens with zero attached hydrogens (tertiary/aromatic N) is 2. The molecule has 1 amide bonds. The average molecular weight is 527 g/mol. The normalized spacial score (nSPS) is 14.3. The van der Waals surface area contributed by atoms with Gasteiger partial charge in [0.25, 0.3) is 5.91 Å². The van der Waals surface area contributed by atoms with Crippen LogP contribution in [0.15, 0.2) is 40.9 Å². The summed E-state index contributed by atoms with van der Waals surface area (Å²) in [5.41, 5.74) is 1.41. The fourth-order valence-electron chi connectivity index (χ4n) is 3.32. The lowest BCUT2D eigenvalue weighted by Crippen LogP contribution is -2.48. The van der Waals surface area contributed by atoms with Crippen LogP contribution in [0, 0.1) is 0 Å². The van der Waals surface area contributed by atoms with E-state index in [1.165, 1.54) is 0 Å². The zero-order chi connectivity index (χ0) is 22.4. The number of anilines is 1. The highest BCUT2D eigenvalue weighted by atomic mass is 79.9. The fourth-order valence-corrected chi connectivity index (χ4v) is 4.36. The van der Waals surface area contributed by atoms with Crippen molar-refractivity contribution in [3.05, 3.63) is 51.5 Å². The summed E-state index contributed by atoms with van der Waals surface area (Å²) in [4.78, 5) is 17.7. The van der Waals surface area contributed by atoms with Crippen molar-refractivity contribution in [1.29, 1.82) is 0 Å². The molecule has 0 spiro atoms. The fraction of sp³-hybridized carbons (Fsp3) is 0.364. The molecule has 9 heteroatoms. The van der Waals surface area contributed by atoms with Crippen LogP contribution in [0.1, 0.15) is 12.5 Å². The molecule has 31 heavy (non-hydrogen) atoms. The number of thiocarbonyl (C=S) groups is 1. The smallest absolute Gasteiger partial charge is 0.262 e. The molecular formula is C22H25BrClN3O3S. The van der Waals surface area contributed by atoms with E-state index in [2.05, 4.69) is 38.0 Å². The summed E-state index contributed by atoms with van der Waals surface area (Å²) in [6.07, 6.45) is 0. The largest absolute Gasteiger partial charge is 0.493 e. The number of rotatable bonds is 7. The van der Waals surface area contributed by atoms with Crippen molar-refractivity contribution in [2.75, 3.05) is 51.8 Å². The van der Waals surface area contributed by atoms with Crippen LogP contribution in [0.3, 0.4) is 0 Å². The van der Waals surface area contributed by atoms with Crippen LogP contribution in [0.2, 0.25) is 5.02 Å². The van der Waals surface area contributed by atoms with Gasteiger partial charge in [-0.1, -0.05) is 42.9 Å². The van der Waals surface area contributed by atoms with E-state index in [9.17, 15) is 4.79 Å². The molecule has 1 heterocycles. The van der Waals surface area contributed by atoms with Crippen molar-refractivity contribution in [3.63, 3.8) is 0 Å². The summed E-state index contributed by atoms with van der Waals surface area (Å²) in [5.74, 6) is 0.624. The first kappa shape index (κ1) is 23.8. The third kappa shape index (κ3) is 6.10. The minimum Gasteiger partial charge on any atom is -0.493 e. The number of methoxy groups -OCH3 is 1. The number of benzene rings is 2. The van der Waals surface area contributed by atoms with Crippen LogP contribution < -0.4 is 14.8 Å². The van der Waals surface area contributed by atoms with E-state index in [4.69, 9.17) is 33.3 Å². The molecule has 166 valence electrons. The molecule has 1 fully saturated rings. The van der Waals surface area contributed by atoms with Gasteiger partial charge in [0.2, 0.25) is 0 Å². The van der Waals surface area contributed by atoms with Gasteiger partial charge < -0.3 is 24.6 Å². The molecule has 2 aromatic rings. The lowest BCUT2D eigenvalue weighted by atomic mass is 10.1. The van der Waals surface area contributed by atoms with Crippen molar-refractivity contribution in [2.45, 2.75) is 6.92 Å². The Kier molecular flexibility index (Phi) is 8.54. The summed E-state index contributed by atoms with van der Waals surface area (Å²) < 4.78 is 11.9. The van der Waals surface area contributed by atoms with Gasteiger partial charge in [-0.25, -0.2) is 0 Å². The Hall–Kier alpha value is -1.87. The predicted molar refractivity (Wildman–Crippen MR) is 132 cm³/mol. The zero-order valence-corrected chi connectivity index (χ0v) is 20.6. The molecular weight excluding hydrogens is 502 g/mol. The van der Waals surface area contributed by atoms with E-state index in [0.29, 0.717) is 26.7 Å². The number of likely N-dealkylation sites (N-methyl/N-ethyl adjacent to an activating group) is 1. The monoisotopic (exact) mass is 525 g/mol. The third-order valence-corrected chi connectivity index (χ3v) is 6.49. The molecule has 6 nitrogen and oxygen atoms in total. The zero-order valence-electron chi connectivity index (χ0n) is 17.5. The Morgan fingerprint density at radius 3 is 2.58 bits per heavy atom. The second-order valence-electron chi connectivity index (χ2n) is 7.03. The number of hydrogen-bond acceptors (Lipinski definition) is 5. The molecule has 1 aliphatic heterocycles. The number of halogens is 2. The quantitative estimate of drug-likeness (QED) is 0.538. The SMILES string of the molecule is CCN1CCN(C(=S)c2cc(Br)c(OCC(=O)Nc3ccccc3Cl)c(OC)c2)CC1. The van der Waals surface area contributed by atoms with Crippen LogP contribution in [0.25, 0.3) is 0 Å². The number of amides is 1. The number of carbonyl (C=O) groups is 1. The Bertz CT molecular complexity index is 952. The van der Waals surface area contributed by atoms with Crippen molar-refractivity contribution in [2.24, 2.45) is 0 Å². The van der Waals surface area contributed by atoms with E-state index < -0.39 is 0 Å². The maximum Gasteiger partial charge on any atom is 0.262 e. The van der Waals surface area contributed by atoms with E-state index in [0.717, 1.165) is 43.3 Å².